The average Bonchev–Trinajstić information content (AvgIpc) is 2.51. The fraction of sp³-hybridized carbons (Fsp3) is 0.0556. The Morgan fingerprint density at radius 2 is 1.35 bits per heavy atom. The van der Waals surface area contributed by atoms with Crippen LogP contribution in [0.25, 0.3) is 5.69 Å². The van der Waals surface area contributed by atoms with Crippen molar-refractivity contribution in [2.24, 2.45) is 0 Å². The first kappa shape index (κ1) is 12.4. The Morgan fingerprint density at radius 3 is 2.05 bits per heavy atom. The minimum atomic E-state index is -0.00647. The van der Waals surface area contributed by atoms with Crippen LogP contribution in [-0.2, 0) is 6.42 Å². The zero-order valence-electron chi connectivity index (χ0n) is 11.1. The molecule has 3 aromatic rings. The number of aromatic nitrogens is 1. The van der Waals surface area contributed by atoms with E-state index in [-0.39, 0.29) is 5.56 Å². The average molecular weight is 261 g/mol. The standard InChI is InChI=1S/C18H15NO/c20-18-12-11-16(13-15-7-3-1-4-8-15)14-19(18)17-9-5-2-6-10-17/h1-12,14H,13H2. The van der Waals surface area contributed by atoms with Crippen LogP contribution in [-0.4, -0.2) is 4.57 Å². The summed E-state index contributed by atoms with van der Waals surface area (Å²) in [7, 11) is 0. The molecular weight excluding hydrogens is 246 g/mol. The predicted octanol–water partition coefficient (Wildman–Crippen LogP) is 3.43. The summed E-state index contributed by atoms with van der Waals surface area (Å²) in [5.74, 6) is 0. The first-order valence-electron chi connectivity index (χ1n) is 6.64. The first-order valence-corrected chi connectivity index (χ1v) is 6.64. The molecule has 0 spiro atoms. The van der Waals surface area contributed by atoms with E-state index in [0.29, 0.717) is 0 Å². The number of hydrogen-bond acceptors (Lipinski definition) is 1. The van der Waals surface area contributed by atoms with E-state index in [9.17, 15) is 4.79 Å². The van der Waals surface area contributed by atoms with Crippen molar-refractivity contribution in [1.82, 2.24) is 4.57 Å². The van der Waals surface area contributed by atoms with Gasteiger partial charge in [-0.15, -0.1) is 0 Å². The third kappa shape index (κ3) is 2.69. The maximum absolute atomic E-state index is 12.0. The highest BCUT2D eigenvalue weighted by Crippen LogP contribution is 2.10. The molecule has 0 bridgehead atoms. The van der Waals surface area contributed by atoms with Crippen LogP contribution >= 0.6 is 0 Å². The molecule has 0 N–H and O–H groups in total. The highest BCUT2D eigenvalue weighted by atomic mass is 16.1. The summed E-state index contributed by atoms with van der Waals surface area (Å²) >= 11 is 0. The summed E-state index contributed by atoms with van der Waals surface area (Å²) in [6.07, 6.45) is 2.75. The molecule has 2 aromatic carbocycles. The lowest BCUT2D eigenvalue weighted by Crippen LogP contribution is -2.17. The van der Waals surface area contributed by atoms with E-state index in [1.54, 1.807) is 10.6 Å². The van der Waals surface area contributed by atoms with Crippen LogP contribution < -0.4 is 5.56 Å². The number of rotatable bonds is 3. The van der Waals surface area contributed by atoms with Gasteiger partial charge in [0.1, 0.15) is 0 Å². The second-order valence-corrected chi connectivity index (χ2v) is 4.74. The summed E-state index contributed by atoms with van der Waals surface area (Å²) in [5.41, 5.74) is 3.26. The molecule has 0 amide bonds. The van der Waals surface area contributed by atoms with Gasteiger partial charge in [0.05, 0.1) is 0 Å². The van der Waals surface area contributed by atoms with Gasteiger partial charge in [-0.1, -0.05) is 54.6 Å². The van der Waals surface area contributed by atoms with Crippen molar-refractivity contribution in [3.63, 3.8) is 0 Å². The Morgan fingerprint density at radius 1 is 0.700 bits per heavy atom. The lowest BCUT2D eigenvalue weighted by molar-refractivity contribution is 0.961. The van der Waals surface area contributed by atoms with Crippen molar-refractivity contribution in [2.75, 3.05) is 0 Å². The molecule has 1 aromatic heterocycles. The maximum atomic E-state index is 12.0. The van der Waals surface area contributed by atoms with Gasteiger partial charge in [-0.25, -0.2) is 0 Å². The predicted molar refractivity (Wildman–Crippen MR) is 81.3 cm³/mol. The van der Waals surface area contributed by atoms with Gasteiger partial charge in [-0.2, -0.15) is 0 Å². The highest BCUT2D eigenvalue weighted by Gasteiger charge is 2.02. The number of para-hydroxylation sites is 1. The van der Waals surface area contributed by atoms with Gasteiger partial charge in [-0.3, -0.25) is 9.36 Å². The Kier molecular flexibility index (Phi) is 3.46. The van der Waals surface area contributed by atoms with Crippen LogP contribution in [0, 0.1) is 0 Å². The van der Waals surface area contributed by atoms with Gasteiger partial charge >= 0.3 is 0 Å². The second kappa shape index (κ2) is 5.57. The lowest BCUT2D eigenvalue weighted by atomic mass is 10.1. The van der Waals surface area contributed by atoms with E-state index in [4.69, 9.17) is 0 Å². The van der Waals surface area contributed by atoms with Gasteiger partial charge in [-0.05, 0) is 29.7 Å². The van der Waals surface area contributed by atoms with Gasteiger partial charge in [0.2, 0.25) is 0 Å². The van der Waals surface area contributed by atoms with E-state index in [2.05, 4.69) is 12.1 Å². The number of pyridine rings is 1. The van der Waals surface area contributed by atoms with Crippen molar-refractivity contribution in [2.45, 2.75) is 6.42 Å². The van der Waals surface area contributed by atoms with Crippen molar-refractivity contribution in [1.29, 1.82) is 0 Å². The Bertz CT molecular complexity index is 745. The fourth-order valence-electron chi connectivity index (χ4n) is 2.26. The number of nitrogens with zero attached hydrogens (tertiary/aromatic N) is 1. The van der Waals surface area contributed by atoms with Crippen LogP contribution in [0.1, 0.15) is 11.1 Å². The zero-order chi connectivity index (χ0) is 13.8. The molecule has 0 atom stereocenters. The van der Waals surface area contributed by atoms with E-state index in [0.717, 1.165) is 17.7 Å². The van der Waals surface area contributed by atoms with E-state index >= 15 is 0 Å². The summed E-state index contributed by atoms with van der Waals surface area (Å²) in [4.78, 5) is 12.0. The Labute approximate surface area is 118 Å². The summed E-state index contributed by atoms with van der Waals surface area (Å²) in [5, 5.41) is 0. The van der Waals surface area contributed by atoms with Crippen molar-refractivity contribution in [3.05, 3.63) is 100 Å². The summed E-state index contributed by atoms with van der Waals surface area (Å²) in [6.45, 7) is 0. The largest absolute Gasteiger partial charge is 0.284 e. The molecule has 0 aliphatic heterocycles. The SMILES string of the molecule is O=c1ccc(Cc2ccccc2)cn1-c1ccccc1. The smallest absolute Gasteiger partial charge is 0.255 e. The summed E-state index contributed by atoms with van der Waals surface area (Å²) in [6, 6.07) is 23.5. The molecular formula is C18H15NO. The van der Waals surface area contributed by atoms with Crippen LogP contribution in [0.15, 0.2) is 83.8 Å². The lowest BCUT2D eigenvalue weighted by Gasteiger charge is -2.08. The van der Waals surface area contributed by atoms with Gasteiger partial charge < -0.3 is 0 Å². The number of benzene rings is 2. The molecule has 0 aliphatic rings. The first-order chi connectivity index (χ1) is 9.83. The van der Waals surface area contributed by atoms with E-state index < -0.39 is 0 Å². The van der Waals surface area contributed by atoms with Crippen LogP contribution in [0.3, 0.4) is 0 Å². The summed E-state index contributed by atoms with van der Waals surface area (Å²) < 4.78 is 1.69. The molecule has 3 rings (SSSR count). The molecule has 0 fully saturated rings. The van der Waals surface area contributed by atoms with Crippen molar-refractivity contribution in [3.8, 4) is 5.69 Å². The monoisotopic (exact) mass is 261 g/mol. The molecule has 0 saturated heterocycles. The second-order valence-electron chi connectivity index (χ2n) is 4.74. The highest BCUT2D eigenvalue weighted by molar-refractivity contribution is 5.34. The van der Waals surface area contributed by atoms with E-state index in [1.807, 2.05) is 60.8 Å². The molecule has 0 radical (unpaired) electrons. The van der Waals surface area contributed by atoms with Crippen LogP contribution in [0.4, 0.5) is 0 Å². The van der Waals surface area contributed by atoms with E-state index in [1.165, 1.54) is 5.56 Å². The molecule has 2 nitrogen and oxygen atoms in total. The van der Waals surface area contributed by atoms with Gasteiger partial charge in [0, 0.05) is 18.0 Å². The Balaban J connectivity index is 1.97. The minimum Gasteiger partial charge on any atom is -0.284 e. The van der Waals surface area contributed by atoms with Crippen LogP contribution in [0.5, 0.6) is 0 Å². The maximum Gasteiger partial charge on any atom is 0.255 e. The molecule has 0 aliphatic carbocycles. The molecule has 1 heterocycles. The molecule has 0 saturated carbocycles. The van der Waals surface area contributed by atoms with Gasteiger partial charge in [0.25, 0.3) is 5.56 Å². The minimum absolute atomic E-state index is 0.00647. The number of hydrogen-bond donors (Lipinski definition) is 0. The normalized spacial score (nSPS) is 10.4. The van der Waals surface area contributed by atoms with Gasteiger partial charge in [0.15, 0.2) is 0 Å². The van der Waals surface area contributed by atoms with Crippen molar-refractivity contribution >= 4 is 0 Å². The molecule has 20 heavy (non-hydrogen) atoms. The van der Waals surface area contributed by atoms with Crippen LogP contribution in [0.2, 0.25) is 0 Å². The fourth-order valence-corrected chi connectivity index (χ4v) is 2.26. The van der Waals surface area contributed by atoms with Crippen molar-refractivity contribution < 1.29 is 0 Å². The zero-order valence-corrected chi connectivity index (χ0v) is 11.1. The molecule has 0 unspecified atom stereocenters. The quantitative estimate of drug-likeness (QED) is 0.708. The third-order valence-electron chi connectivity index (χ3n) is 3.26. The third-order valence-corrected chi connectivity index (χ3v) is 3.26. The topological polar surface area (TPSA) is 22.0 Å². The molecule has 98 valence electrons. The molecule has 2 heteroatoms. The Hall–Kier alpha value is -2.61.